The number of hydrogen-bond acceptors (Lipinski definition) is 4. The molecule has 0 unspecified atom stereocenters. The van der Waals surface area contributed by atoms with Gasteiger partial charge in [-0.3, -0.25) is 9.59 Å². The third-order valence-corrected chi connectivity index (χ3v) is 5.64. The maximum absolute atomic E-state index is 12.8. The molecule has 1 aliphatic rings. The normalized spacial score (nSPS) is 15.5. The topological polar surface area (TPSA) is 62.3 Å². The number of hydrogen-bond donors (Lipinski definition) is 1. The largest absolute Gasteiger partial charge is 0.416 e. The van der Waals surface area contributed by atoms with Gasteiger partial charge in [0.1, 0.15) is 0 Å². The van der Waals surface area contributed by atoms with Gasteiger partial charge in [0.2, 0.25) is 11.8 Å². The first-order valence-electron chi connectivity index (χ1n) is 8.89. The molecule has 0 bridgehead atoms. The maximum Gasteiger partial charge on any atom is 0.416 e. The number of nitrogens with zero attached hydrogens (tertiary/aromatic N) is 2. The van der Waals surface area contributed by atoms with E-state index in [2.05, 4.69) is 10.3 Å². The van der Waals surface area contributed by atoms with E-state index in [-0.39, 0.29) is 17.7 Å². The number of thiazole rings is 1. The Bertz CT molecular complexity index is 858. The van der Waals surface area contributed by atoms with Crippen molar-refractivity contribution < 1.29 is 22.8 Å². The minimum absolute atomic E-state index is 0.0121. The Morgan fingerprint density at radius 3 is 2.64 bits per heavy atom. The van der Waals surface area contributed by atoms with Gasteiger partial charge < -0.3 is 10.2 Å². The summed E-state index contributed by atoms with van der Waals surface area (Å²) in [6.07, 6.45) is -1.28. The lowest BCUT2D eigenvalue weighted by molar-refractivity contribution is -0.137. The number of carbonyl (C=O) groups is 2. The van der Waals surface area contributed by atoms with E-state index in [0.717, 1.165) is 17.0 Å². The summed E-state index contributed by atoms with van der Waals surface area (Å²) in [5, 5.41) is 3.21. The van der Waals surface area contributed by atoms with Gasteiger partial charge in [0.05, 0.1) is 5.56 Å². The summed E-state index contributed by atoms with van der Waals surface area (Å²) >= 11 is 1.25. The molecule has 2 aromatic rings. The van der Waals surface area contributed by atoms with Gasteiger partial charge >= 0.3 is 6.18 Å². The van der Waals surface area contributed by atoms with Gasteiger partial charge in [-0.25, -0.2) is 4.98 Å². The second kappa shape index (κ2) is 8.30. The average Bonchev–Trinajstić information content (AvgIpc) is 3.08. The average molecular weight is 411 g/mol. The van der Waals surface area contributed by atoms with Crippen LogP contribution >= 0.6 is 11.3 Å². The second-order valence-electron chi connectivity index (χ2n) is 6.78. The Morgan fingerprint density at radius 2 is 2.00 bits per heavy atom. The Hall–Kier alpha value is -2.42. The summed E-state index contributed by atoms with van der Waals surface area (Å²) in [5.41, 5.74) is -0.145. The standard InChI is InChI=1S/C19H20F3N3O2S/c1-12(26)25-7-5-14(6-8-25)17(27)24-18-23-11-16(28-18)10-13-3-2-4-15(9-13)19(20,21)22/h2-4,9,11,14H,5-8,10H2,1H3,(H,23,24,27). The smallest absolute Gasteiger partial charge is 0.343 e. The van der Waals surface area contributed by atoms with Crippen LogP contribution in [-0.2, 0) is 22.2 Å². The minimum Gasteiger partial charge on any atom is -0.343 e. The lowest BCUT2D eigenvalue weighted by Crippen LogP contribution is -2.40. The highest BCUT2D eigenvalue weighted by molar-refractivity contribution is 7.15. The highest BCUT2D eigenvalue weighted by Gasteiger charge is 2.30. The third-order valence-electron chi connectivity index (χ3n) is 4.73. The van der Waals surface area contributed by atoms with E-state index in [1.54, 1.807) is 17.2 Å². The van der Waals surface area contributed by atoms with Crippen LogP contribution in [0, 0.1) is 5.92 Å². The number of nitrogens with one attached hydrogen (secondary N) is 1. The van der Waals surface area contributed by atoms with Gasteiger partial charge in [0.15, 0.2) is 5.13 Å². The SMILES string of the molecule is CC(=O)N1CCC(C(=O)Nc2ncc(Cc3cccc(C(F)(F)F)c3)s2)CC1. The summed E-state index contributed by atoms with van der Waals surface area (Å²) in [7, 11) is 0. The van der Waals surface area contributed by atoms with Crippen LogP contribution in [0.3, 0.4) is 0 Å². The van der Waals surface area contributed by atoms with Crippen molar-refractivity contribution in [2.75, 3.05) is 18.4 Å². The van der Waals surface area contributed by atoms with Crippen LogP contribution in [0.15, 0.2) is 30.5 Å². The predicted molar refractivity (Wildman–Crippen MR) is 100.0 cm³/mol. The first kappa shape index (κ1) is 20.3. The molecule has 1 fully saturated rings. The monoisotopic (exact) mass is 411 g/mol. The molecule has 1 saturated heterocycles. The molecular weight excluding hydrogens is 391 g/mol. The molecule has 2 heterocycles. The molecule has 1 N–H and O–H groups in total. The molecule has 5 nitrogen and oxygen atoms in total. The fourth-order valence-corrected chi connectivity index (χ4v) is 4.02. The molecule has 1 aromatic heterocycles. The van der Waals surface area contributed by atoms with Crippen LogP contribution in [0.25, 0.3) is 0 Å². The number of alkyl halides is 3. The summed E-state index contributed by atoms with van der Waals surface area (Å²) < 4.78 is 38.5. The zero-order valence-electron chi connectivity index (χ0n) is 15.3. The van der Waals surface area contributed by atoms with Crippen molar-refractivity contribution in [3.63, 3.8) is 0 Å². The number of carbonyl (C=O) groups excluding carboxylic acids is 2. The first-order valence-corrected chi connectivity index (χ1v) is 9.71. The van der Waals surface area contributed by atoms with Crippen molar-refractivity contribution in [3.05, 3.63) is 46.5 Å². The molecule has 3 rings (SSSR count). The van der Waals surface area contributed by atoms with Gasteiger partial charge in [-0.15, -0.1) is 11.3 Å². The number of rotatable bonds is 4. The summed E-state index contributed by atoms with van der Waals surface area (Å²) in [6.45, 7) is 2.64. The van der Waals surface area contributed by atoms with Crippen LogP contribution in [0.1, 0.15) is 35.8 Å². The summed E-state index contributed by atoms with van der Waals surface area (Å²) in [4.78, 5) is 30.4. The van der Waals surface area contributed by atoms with Crippen molar-refractivity contribution in [2.24, 2.45) is 5.92 Å². The number of halogens is 3. The van der Waals surface area contributed by atoms with Crippen molar-refractivity contribution in [1.82, 2.24) is 9.88 Å². The van der Waals surface area contributed by atoms with Gasteiger partial charge in [0, 0.05) is 43.4 Å². The molecule has 150 valence electrons. The second-order valence-corrected chi connectivity index (χ2v) is 7.89. The van der Waals surface area contributed by atoms with Crippen LogP contribution < -0.4 is 5.32 Å². The highest BCUT2D eigenvalue weighted by atomic mass is 32.1. The molecule has 28 heavy (non-hydrogen) atoms. The Morgan fingerprint density at radius 1 is 1.29 bits per heavy atom. The maximum atomic E-state index is 12.8. The number of amides is 2. The third kappa shape index (κ3) is 5.09. The zero-order chi connectivity index (χ0) is 20.3. The lowest BCUT2D eigenvalue weighted by Gasteiger charge is -2.30. The quantitative estimate of drug-likeness (QED) is 0.829. The lowest BCUT2D eigenvalue weighted by atomic mass is 9.96. The number of aromatic nitrogens is 1. The van der Waals surface area contributed by atoms with Gasteiger partial charge in [0.25, 0.3) is 0 Å². The molecule has 0 aliphatic carbocycles. The van der Waals surface area contributed by atoms with Crippen molar-refractivity contribution in [2.45, 2.75) is 32.4 Å². The van der Waals surface area contributed by atoms with E-state index in [4.69, 9.17) is 0 Å². The summed E-state index contributed by atoms with van der Waals surface area (Å²) in [6, 6.07) is 5.19. The molecule has 1 aromatic carbocycles. The molecule has 2 amide bonds. The Kier molecular flexibility index (Phi) is 6.02. The van der Waals surface area contributed by atoms with E-state index in [0.29, 0.717) is 43.0 Å². The number of piperidine rings is 1. The van der Waals surface area contributed by atoms with Crippen molar-refractivity contribution in [3.8, 4) is 0 Å². The number of anilines is 1. The van der Waals surface area contributed by atoms with E-state index in [1.165, 1.54) is 24.3 Å². The van der Waals surface area contributed by atoms with E-state index in [9.17, 15) is 22.8 Å². The first-order chi connectivity index (χ1) is 13.2. The van der Waals surface area contributed by atoms with Gasteiger partial charge in [-0.1, -0.05) is 18.2 Å². The number of likely N-dealkylation sites (tertiary alicyclic amines) is 1. The summed E-state index contributed by atoms with van der Waals surface area (Å²) in [5.74, 6) is -0.299. The van der Waals surface area contributed by atoms with E-state index in [1.807, 2.05) is 0 Å². The zero-order valence-corrected chi connectivity index (χ0v) is 16.1. The molecule has 1 aliphatic heterocycles. The highest BCUT2D eigenvalue weighted by Crippen LogP contribution is 2.31. The molecule has 9 heteroatoms. The van der Waals surface area contributed by atoms with Crippen molar-refractivity contribution in [1.29, 1.82) is 0 Å². The van der Waals surface area contributed by atoms with Crippen LogP contribution in [0.2, 0.25) is 0 Å². The van der Waals surface area contributed by atoms with Gasteiger partial charge in [-0.2, -0.15) is 13.2 Å². The molecule has 0 saturated carbocycles. The Balaban J connectivity index is 1.57. The predicted octanol–water partition coefficient (Wildman–Crippen LogP) is 3.95. The molecule has 0 radical (unpaired) electrons. The molecule has 0 spiro atoms. The van der Waals surface area contributed by atoms with Crippen molar-refractivity contribution >= 4 is 28.3 Å². The fourth-order valence-electron chi connectivity index (χ4n) is 3.17. The van der Waals surface area contributed by atoms with E-state index >= 15 is 0 Å². The van der Waals surface area contributed by atoms with Gasteiger partial charge in [-0.05, 0) is 24.5 Å². The van der Waals surface area contributed by atoms with Crippen LogP contribution in [0.5, 0.6) is 0 Å². The van der Waals surface area contributed by atoms with E-state index < -0.39 is 11.7 Å². The van der Waals surface area contributed by atoms with Crippen LogP contribution in [-0.4, -0.2) is 34.8 Å². The number of benzene rings is 1. The van der Waals surface area contributed by atoms with Crippen LogP contribution in [0.4, 0.5) is 18.3 Å². The minimum atomic E-state index is -4.37. The Labute approximate surface area is 164 Å². The molecular formula is C19H20F3N3O2S. The fraction of sp³-hybridized carbons (Fsp3) is 0.421. The molecule has 0 atom stereocenters.